The summed E-state index contributed by atoms with van der Waals surface area (Å²) in [5, 5.41) is 4.12. The number of nitrogens with two attached hydrogens (primary N) is 1. The standard InChI is InChI=1S/C17H23N3O2/c1-21-14-8-4-3-7-13(14)16-19-15(22-20-16)11-17(12-18)9-5-2-6-10-17/h3-4,7-8H,2,5-6,9-12,18H2,1H3. The van der Waals surface area contributed by atoms with E-state index in [2.05, 4.69) is 10.1 Å². The minimum atomic E-state index is 0.128. The number of methoxy groups -OCH3 is 1. The van der Waals surface area contributed by atoms with Gasteiger partial charge >= 0.3 is 0 Å². The first-order valence-electron chi connectivity index (χ1n) is 7.92. The van der Waals surface area contributed by atoms with Crippen LogP contribution in [0.15, 0.2) is 28.8 Å². The van der Waals surface area contributed by atoms with E-state index in [1.165, 1.54) is 19.3 Å². The molecule has 1 aromatic carbocycles. The van der Waals surface area contributed by atoms with Crippen LogP contribution in [0.5, 0.6) is 5.75 Å². The molecular weight excluding hydrogens is 278 g/mol. The van der Waals surface area contributed by atoms with Gasteiger partial charge in [0.15, 0.2) is 0 Å². The first-order valence-corrected chi connectivity index (χ1v) is 7.92. The van der Waals surface area contributed by atoms with E-state index in [-0.39, 0.29) is 5.41 Å². The summed E-state index contributed by atoms with van der Waals surface area (Å²) in [6.07, 6.45) is 6.85. The fourth-order valence-corrected chi connectivity index (χ4v) is 3.34. The molecule has 2 N–H and O–H groups in total. The molecule has 0 bridgehead atoms. The van der Waals surface area contributed by atoms with Crippen LogP contribution >= 0.6 is 0 Å². The van der Waals surface area contributed by atoms with Crippen LogP contribution in [0, 0.1) is 5.41 Å². The van der Waals surface area contributed by atoms with Gasteiger partial charge in [0.05, 0.1) is 12.7 Å². The van der Waals surface area contributed by atoms with Gasteiger partial charge in [-0.3, -0.25) is 0 Å². The van der Waals surface area contributed by atoms with Crippen LogP contribution in [0.4, 0.5) is 0 Å². The summed E-state index contributed by atoms with van der Waals surface area (Å²) in [4.78, 5) is 4.56. The van der Waals surface area contributed by atoms with Crippen LogP contribution < -0.4 is 10.5 Å². The van der Waals surface area contributed by atoms with Gasteiger partial charge in [-0.1, -0.05) is 36.6 Å². The van der Waals surface area contributed by atoms with Crippen molar-refractivity contribution in [3.05, 3.63) is 30.2 Å². The first kappa shape index (κ1) is 15.0. The van der Waals surface area contributed by atoms with Gasteiger partial charge in [0.1, 0.15) is 5.75 Å². The Bertz CT molecular complexity index is 618. The van der Waals surface area contributed by atoms with E-state index in [0.29, 0.717) is 18.3 Å². The molecular formula is C17H23N3O2. The molecule has 1 aliphatic carbocycles. The van der Waals surface area contributed by atoms with E-state index in [1.54, 1.807) is 7.11 Å². The van der Waals surface area contributed by atoms with Crippen molar-refractivity contribution >= 4 is 0 Å². The quantitative estimate of drug-likeness (QED) is 0.918. The molecule has 1 aliphatic rings. The Balaban J connectivity index is 1.81. The second-order valence-corrected chi connectivity index (χ2v) is 6.15. The number of aromatic nitrogens is 2. The predicted molar refractivity (Wildman–Crippen MR) is 84.6 cm³/mol. The van der Waals surface area contributed by atoms with Crippen molar-refractivity contribution in [3.63, 3.8) is 0 Å². The zero-order valence-corrected chi connectivity index (χ0v) is 13.0. The van der Waals surface area contributed by atoms with Gasteiger partial charge in [0, 0.05) is 6.42 Å². The van der Waals surface area contributed by atoms with Crippen LogP contribution in [-0.2, 0) is 6.42 Å². The van der Waals surface area contributed by atoms with Crippen molar-refractivity contribution in [1.29, 1.82) is 0 Å². The van der Waals surface area contributed by atoms with E-state index in [4.69, 9.17) is 15.0 Å². The summed E-state index contributed by atoms with van der Waals surface area (Å²) < 4.78 is 10.8. The Hall–Kier alpha value is -1.88. The van der Waals surface area contributed by atoms with Crippen molar-refractivity contribution < 1.29 is 9.26 Å². The monoisotopic (exact) mass is 301 g/mol. The number of rotatable bonds is 5. The van der Waals surface area contributed by atoms with Gasteiger partial charge in [0.2, 0.25) is 11.7 Å². The Kier molecular flexibility index (Phi) is 4.43. The lowest BCUT2D eigenvalue weighted by molar-refractivity contribution is 0.177. The maximum atomic E-state index is 6.04. The summed E-state index contributed by atoms with van der Waals surface area (Å²) >= 11 is 0. The molecule has 0 unspecified atom stereocenters. The maximum absolute atomic E-state index is 6.04. The molecule has 1 aromatic heterocycles. The molecule has 0 aliphatic heterocycles. The molecule has 0 saturated heterocycles. The average molecular weight is 301 g/mol. The second kappa shape index (κ2) is 6.48. The second-order valence-electron chi connectivity index (χ2n) is 6.15. The van der Waals surface area contributed by atoms with E-state index in [1.807, 2.05) is 24.3 Å². The molecule has 3 rings (SSSR count). The van der Waals surface area contributed by atoms with Gasteiger partial charge < -0.3 is 15.0 Å². The van der Waals surface area contributed by atoms with Gasteiger partial charge in [-0.2, -0.15) is 4.98 Å². The van der Waals surface area contributed by atoms with E-state index in [9.17, 15) is 0 Å². The summed E-state index contributed by atoms with van der Waals surface area (Å²) in [5.74, 6) is 2.00. The Morgan fingerprint density at radius 1 is 1.23 bits per heavy atom. The summed E-state index contributed by atoms with van der Waals surface area (Å²) in [6, 6.07) is 7.70. The van der Waals surface area contributed by atoms with Crippen LogP contribution in [0.2, 0.25) is 0 Å². The third kappa shape index (κ3) is 2.99. The lowest BCUT2D eigenvalue weighted by Gasteiger charge is -2.34. The lowest BCUT2D eigenvalue weighted by Crippen LogP contribution is -2.35. The number of hydrogen-bond donors (Lipinski definition) is 1. The highest BCUT2D eigenvalue weighted by atomic mass is 16.5. The first-order chi connectivity index (χ1) is 10.8. The average Bonchev–Trinajstić information content (AvgIpc) is 3.03. The zero-order valence-electron chi connectivity index (χ0n) is 13.0. The molecule has 1 fully saturated rings. The van der Waals surface area contributed by atoms with Crippen molar-refractivity contribution in [2.45, 2.75) is 38.5 Å². The SMILES string of the molecule is COc1ccccc1-c1noc(CC2(CN)CCCCC2)n1. The predicted octanol–water partition coefficient (Wildman–Crippen LogP) is 3.20. The summed E-state index contributed by atoms with van der Waals surface area (Å²) in [6.45, 7) is 0.680. The number of para-hydroxylation sites is 1. The molecule has 118 valence electrons. The third-order valence-electron chi connectivity index (χ3n) is 4.69. The number of nitrogens with zero attached hydrogens (tertiary/aromatic N) is 2. The molecule has 0 spiro atoms. The van der Waals surface area contributed by atoms with Gasteiger partial charge in [-0.05, 0) is 36.9 Å². The molecule has 1 heterocycles. The largest absolute Gasteiger partial charge is 0.496 e. The minimum absolute atomic E-state index is 0.128. The van der Waals surface area contributed by atoms with Crippen molar-refractivity contribution in [2.75, 3.05) is 13.7 Å². The fourth-order valence-electron chi connectivity index (χ4n) is 3.34. The molecule has 5 nitrogen and oxygen atoms in total. The summed E-state index contributed by atoms with van der Waals surface area (Å²) in [7, 11) is 1.64. The molecule has 5 heteroatoms. The lowest BCUT2D eigenvalue weighted by atomic mass is 9.72. The number of ether oxygens (including phenoxy) is 1. The fraction of sp³-hybridized carbons (Fsp3) is 0.529. The van der Waals surface area contributed by atoms with Crippen LogP contribution in [0.25, 0.3) is 11.4 Å². The third-order valence-corrected chi connectivity index (χ3v) is 4.69. The van der Waals surface area contributed by atoms with Crippen LogP contribution in [0.3, 0.4) is 0 Å². The highest BCUT2D eigenvalue weighted by Gasteiger charge is 2.33. The molecule has 0 atom stereocenters. The summed E-state index contributed by atoms with van der Waals surface area (Å²) in [5.41, 5.74) is 7.02. The van der Waals surface area contributed by atoms with Crippen molar-refractivity contribution in [3.8, 4) is 17.1 Å². The molecule has 2 aromatic rings. The van der Waals surface area contributed by atoms with Crippen molar-refractivity contribution in [2.24, 2.45) is 11.1 Å². The van der Waals surface area contributed by atoms with E-state index < -0.39 is 0 Å². The van der Waals surface area contributed by atoms with Crippen LogP contribution in [-0.4, -0.2) is 23.8 Å². The number of hydrogen-bond acceptors (Lipinski definition) is 5. The highest BCUT2D eigenvalue weighted by molar-refractivity contribution is 5.63. The molecule has 1 saturated carbocycles. The van der Waals surface area contributed by atoms with Crippen LogP contribution in [0.1, 0.15) is 38.0 Å². The minimum Gasteiger partial charge on any atom is -0.496 e. The highest BCUT2D eigenvalue weighted by Crippen LogP contribution is 2.38. The number of benzene rings is 1. The van der Waals surface area contributed by atoms with Gasteiger partial charge in [-0.25, -0.2) is 0 Å². The van der Waals surface area contributed by atoms with Gasteiger partial charge in [0.25, 0.3) is 0 Å². The van der Waals surface area contributed by atoms with E-state index in [0.717, 1.165) is 30.6 Å². The Morgan fingerprint density at radius 3 is 2.73 bits per heavy atom. The molecule has 0 amide bonds. The smallest absolute Gasteiger partial charge is 0.227 e. The normalized spacial score (nSPS) is 17.4. The molecule has 0 radical (unpaired) electrons. The zero-order chi connectivity index (χ0) is 15.4. The van der Waals surface area contributed by atoms with Gasteiger partial charge in [-0.15, -0.1) is 0 Å². The Morgan fingerprint density at radius 2 is 2.00 bits per heavy atom. The van der Waals surface area contributed by atoms with E-state index >= 15 is 0 Å². The molecule has 22 heavy (non-hydrogen) atoms. The topological polar surface area (TPSA) is 74.2 Å². The Labute approximate surface area is 130 Å². The van der Waals surface area contributed by atoms with Crippen molar-refractivity contribution in [1.82, 2.24) is 10.1 Å². The maximum Gasteiger partial charge on any atom is 0.227 e.